The molecule has 0 radical (unpaired) electrons. The molecule has 8 heteroatoms. The minimum Gasteiger partial charge on any atom is -0.504 e. The number of carbonyl (C=O) groups excluding carboxylic acids is 3. The van der Waals surface area contributed by atoms with E-state index in [0.717, 1.165) is 0 Å². The normalized spacial score (nSPS) is 10.3. The zero-order chi connectivity index (χ0) is 21.4. The number of aryl methyl sites for hydroxylation is 1. The molecule has 0 atom stereocenters. The summed E-state index contributed by atoms with van der Waals surface area (Å²) in [7, 11) is 0. The van der Waals surface area contributed by atoms with Crippen molar-refractivity contribution in [1.82, 2.24) is 0 Å². The Morgan fingerprint density at radius 2 is 1.86 bits per heavy atom. The molecule has 0 aliphatic rings. The van der Waals surface area contributed by atoms with Crippen LogP contribution in [0.3, 0.4) is 0 Å². The fourth-order valence-corrected chi connectivity index (χ4v) is 2.45. The van der Waals surface area contributed by atoms with Crippen molar-refractivity contribution in [3.8, 4) is 11.5 Å². The first kappa shape index (κ1) is 21.9. The van der Waals surface area contributed by atoms with Crippen LogP contribution in [0.2, 0.25) is 0 Å². The molecule has 2 rings (SSSR count). The van der Waals surface area contributed by atoms with Crippen LogP contribution in [-0.2, 0) is 14.3 Å². The van der Waals surface area contributed by atoms with Gasteiger partial charge in [-0.05, 0) is 49.7 Å². The molecular weight excluding hydrogens is 381 g/mol. The number of Topliss-reactive ketones (excluding diaryl/α,β-unsaturated/α-hetero) is 1. The van der Waals surface area contributed by atoms with Gasteiger partial charge in [0.1, 0.15) is 5.82 Å². The van der Waals surface area contributed by atoms with Gasteiger partial charge in [-0.3, -0.25) is 14.4 Å². The van der Waals surface area contributed by atoms with E-state index < -0.39 is 24.3 Å². The molecule has 0 unspecified atom stereocenters. The highest BCUT2D eigenvalue weighted by Crippen LogP contribution is 2.27. The highest BCUT2D eigenvalue weighted by atomic mass is 19.1. The lowest BCUT2D eigenvalue weighted by Crippen LogP contribution is -2.21. The average molecular weight is 403 g/mol. The summed E-state index contributed by atoms with van der Waals surface area (Å²) in [5, 5.41) is 12.1. The van der Waals surface area contributed by atoms with Crippen molar-refractivity contribution in [2.24, 2.45) is 0 Å². The molecule has 0 fully saturated rings. The number of ketones is 1. The van der Waals surface area contributed by atoms with Crippen LogP contribution in [0.25, 0.3) is 0 Å². The summed E-state index contributed by atoms with van der Waals surface area (Å²) in [6.45, 7) is 3.23. The molecule has 2 aromatic rings. The van der Waals surface area contributed by atoms with Crippen LogP contribution in [0.15, 0.2) is 36.4 Å². The van der Waals surface area contributed by atoms with Crippen LogP contribution < -0.4 is 10.1 Å². The summed E-state index contributed by atoms with van der Waals surface area (Å²) < 4.78 is 23.3. The van der Waals surface area contributed by atoms with E-state index in [1.54, 1.807) is 13.8 Å². The molecule has 1 amide bonds. The van der Waals surface area contributed by atoms with E-state index in [2.05, 4.69) is 5.32 Å². The van der Waals surface area contributed by atoms with E-state index in [-0.39, 0.29) is 30.1 Å². The highest BCUT2D eigenvalue weighted by Gasteiger charge is 2.14. The van der Waals surface area contributed by atoms with Crippen molar-refractivity contribution in [1.29, 1.82) is 0 Å². The minimum absolute atomic E-state index is 0.0812. The summed E-state index contributed by atoms with van der Waals surface area (Å²) in [6.07, 6.45) is -0.338. The fourth-order valence-electron chi connectivity index (χ4n) is 2.45. The van der Waals surface area contributed by atoms with E-state index in [4.69, 9.17) is 9.47 Å². The van der Waals surface area contributed by atoms with Crippen LogP contribution in [0, 0.1) is 12.7 Å². The van der Waals surface area contributed by atoms with Crippen molar-refractivity contribution in [3.05, 3.63) is 53.3 Å². The van der Waals surface area contributed by atoms with E-state index in [1.807, 2.05) is 0 Å². The molecule has 0 heterocycles. The predicted octanol–water partition coefficient (Wildman–Crippen LogP) is 3.38. The Morgan fingerprint density at radius 3 is 2.59 bits per heavy atom. The number of benzene rings is 2. The van der Waals surface area contributed by atoms with E-state index >= 15 is 0 Å². The lowest BCUT2D eigenvalue weighted by molar-refractivity contribution is -0.147. The number of ether oxygens (including phenoxy) is 2. The van der Waals surface area contributed by atoms with Gasteiger partial charge in [0.15, 0.2) is 23.9 Å². The van der Waals surface area contributed by atoms with Gasteiger partial charge in [0.05, 0.1) is 13.0 Å². The predicted molar refractivity (Wildman–Crippen MR) is 104 cm³/mol. The average Bonchev–Trinajstić information content (AvgIpc) is 2.69. The van der Waals surface area contributed by atoms with Gasteiger partial charge in [-0.1, -0.05) is 6.07 Å². The summed E-state index contributed by atoms with van der Waals surface area (Å²) in [5.41, 5.74) is 1.24. The lowest BCUT2D eigenvalue weighted by Gasteiger charge is -2.09. The van der Waals surface area contributed by atoms with Gasteiger partial charge in [-0.2, -0.15) is 0 Å². The third kappa shape index (κ3) is 6.60. The molecule has 7 nitrogen and oxygen atoms in total. The Labute approximate surface area is 167 Å². The Bertz CT molecular complexity index is 912. The first-order valence-electron chi connectivity index (χ1n) is 9.00. The largest absolute Gasteiger partial charge is 0.504 e. The second-order valence-electron chi connectivity index (χ2n) is 6.21. The van der Waals surface area contributed by atoms with Crippen LogP contribution in [0.4, 0.5) is 10.1 Å². The number of phenolic OH excluding ortho intramolecular Hbond substituents is 1. The molecule has 0 spiro atoms. The second-order valence-corrected chi connectivity index (χ2v) is 6.21. The molecule has 29 heavy (non-hydrogen) atoms. The number of hydrogen-bond acceptors (Lipinski definition) is 6. The first-order valence-corrected chi connectivity index (χ1v) is 9.00. The lowest BCUT2D eigenvalue weighted by atomic mass is 10.1. The van der Waals surface area contributed by atoms with Gasteiger partial charge in [-0.25, -0.2) is 4.39 Å². The van der Waals surface area contributed by atoms with Crippen LogP contribution in [0.5, 0.6) is 11.5 Å². The Kier molecular flexibility index (Phi) is 7.70. The maximum Gasteiger partial charge on any atom is 0.306 e. The third-order valence-corrected chi connectivity index (χ3v) is 3.98. The summed E-state index contributed by atoms with van der Waals surface area (Å²) in [6, 6.07) is 8.13. The van der Waals surface area contributed by atoms with Crippen molar-refractivity contribution in [2.45, 2.75) is 26.7 Å². The zero-order valence-electron chi connectivity index (χ0n) is 16.2. The number of amides is 1. The van der Waals surface area contributed by atoms with Gasteiger partial charge < -0.3 is 19.9 Å². The maximum atomic E-state index is 13.2. The van der Waals surface area contributed by atoms with Crippen LogP contribution in [-0.4, -0.2) is 36.0 Å². The van der Waals surface area contributed by atoms with Gasteiger partial charge in [0.2, 0.25) is 0 Å². The molecule has 0 aliphatic heterocycles. The number of esters is 1. The van der Waals surface area contributed by atoms with Crippen molar-refractivity contribution < 1.29 is 33.4 Å². The number of anilines is 1. The maximum absolute atomic E-state index is 13.2. The van der Waals surface area contributed by atoms with Crippen molar-refractivity contribution in [3.63, 3.8) is 0 Å². The van der Waals surface area contributed by atoms with Crippen LogP contribution in [0.1, 0.15) is 35.7 Å². The third-order valence-electron chi connectivity index (χ3n) is 3.98. The summed E-state index contributed by atoms with van der Waals surface area (Å²) in [4.78, 5) is 35.9. The highest BCUT2D eigenvalue weighted by molar-refractivity contribution is 5.98. The summed E-state index contributed by atoms with van der Waals surface area (Å²) >= 11 is 0. The quantitative estimate of drug-likeness (QED) is 0.492. The molecule has 0 bridgehead atoms. The number of nitrogens with one attached hydrogen (secondary N) is 1. The van der Waals surface area contributed by atoms with Crippen molar-refractivity contribution in [2.75, 3.05) is 18.5 Å². The van der Waals surface area contributed by atoms with Crippen LogP contribution >= 0.6 is 0 Å². The molecule has 154 valence electrons. The van der Waals surface area contributed by atoms with Gasteiger partial charge >= 0.3 is 5.97 Å². The number of carbonyl (C=O) groups is 3. The van der Waals surface area contributed by atoms with E-state index in [9.17, 15) is 23.9 Å². The number of rotatable bonds is 9. The molecule has 0 saturated heterocycles. The molecule has 0 saturated carbocycles. The van der Waals surface area contributed by atoms with Gasteiger partial charge in [0.25, 0.3) is 5.91 Å². The fraction of sp³-hybridized carbons (Fsp3) is 0.286. The molecular formula is C21H22FNO6. The monoisotopic (exact) mass is 403 g/mol. The number of halogens is 1. The summed E-state index contributed by atoms with van der Waals surface area (Å²) in [5.74, 6) is -2.05. The Hall–Kier alpha value is -3.42. The number of aromatic hydroxyl groups is 1. The van der Waals surface area contributed by atoms with Gasteiger partial charge in [-0.15, -0.1) is 0 Å². The molecule has 0 aliphatic carbocycles. The Morgan fingerprint density at radius 1 is 1.10 bits per heavy atom. The van der Waals surface area contributed by atoms with Gasteiger partial charge in [0, 0.05) is 17.7 Å². The second kappa shape index (κ2) is 10.2. The first-order chi connectivity index (χ1) is 13.8. The SMILES string of the molecule is CCOc1cc(C(=O)CCC(=O)OCC(=O)Nc2cc(F)ccc2C)ccc1O. The Balaban J connectivity index is 1.80. The number of hydrogen-bond donors (Lipinski definition) is 2. The minimum atomic E-state index is -0.715. The molecule has 2 aromatic carbocycles. The zero-order valence-corrected chi connectivity index (χ0v) is 16.2. The number of phenols is 1. The van der Waals surface area contributed by atoms with E-state index in [0.29, 0.717) is 23.4 Å². The van der Waals surface area contributed by atoms with Crippen molar-refractivity contribution >= 4 is 23.3 Å². The smallest absolute Gasteiger partial charge is 0.306 e. The standard InChI is InChI=1S/C21H22FNO6/c1-3-28-19-10-14(5-7-18(19)25)17(24)8-9-21(27)29-12-20(26)23-16-11-15(22)6-4-13(16)2/h4-7,10-11,25H,3,8-9,12H2,1-2H3,(H,23,26). The molecule has 0 aromatic heterocycles. The topological polar surface area (TPSA) is 102 Å². The molecule has 2 N–H and O–H groups in total. The van der Waals surface area contributed by atoms with E-state index in [1.165, 1.54) is 36.4 Å².